The minimum Gasteiger partial charge on any atom is -0.390 e. The fourth-order valence-corrected chi connectivity index (χ4v) is 5.97. The van der Waals surface area contributed by atoms with E-state index in [4.69, 9.17) is 32.0 Å². The number of hydrogen-bond acceptors (Lipinski definition) is 9. The fourth-order valence-electron chi connectivity index (χ4n) is 4.78. The highest BCUT2D eigenvalue weighted by Crippen LogP contribution is 2.42. The third kappa shape index (κ3) is 4.18. The van der Waals surface area contributed by atoms with Crippen molar-refractivity contribution >= 4 is 29.2 Å². The number of pyridine rings is 1. The van der Waals surface area contributed by atoms with Gasteiger partial charge in [0.05, 0.1) is 30.0 Å². The van der Waals surface area contributed by atoms with E-state index in [-0.39, 0.29) is 24.2 Å². The van der Waals surface area contributed by atoms with Crippen LogP contribution in [-0.4, -0.2) is 61.5 Å². The van der Waals surface area contributed by atoms with Crippen LogP contribution in [-0.2, 0) is 11.3 Å². The van der Waals surface area contributed by atoms with Gasteiger partial charge in [0.1, 0.15) is 17.0 Å². The van der Waals surface area contributed by atoms with Crippen LogP contribution in [0.4, 0.5) is 5.82 Å². The Morgan fingerprint density at radius 2 is 2.06 bits per heavy atom. The quantitative estimate of drug-likeness (QED) is 0.544. The van der Waals surface area contributed by atoms with E-state index >= 15 is 0 Å². The lowest BCUT2D eigenvalue weighted by molar-refractivity contribution is 0.0973. The second-order valence-corrected chi connectivity index (χ2v) is 10.4. The van der Waals surface area contributed by atoms with Crippen LogP contribution in [0.2, 0.25) is 5.02 Å². The van der Waals surface area contributed by atoms with Gasteiger partial charge >= 0.3 is 0 Å². The van der Waals surface area contributed by atoms with Crippen molar-refractivity contribution < 1.29 is 9.84 Å². The molecule has 11 heteroatoms. The number of aryl methyl sites for hydroxylation is 1. The number of anilines is 1. The molecule has 5 heterocycles. The molecule has 0 amide bonds. The summed E-state index contributed by atoms with van der Waals surface area (Å²) in [5, 5.41) is 11.3. The van der Waals surface area contributed by atoms with Gasteiger partial charge in [-0.25, -0.2) is 19.9 Å². The lowest BCUT2D eigenvalue weighted by Gasteiger charge is -2.42. The Bertz CT molecular complexity index is 1170. The van der Waals surface area contributed by atoms with Crippen LogP contribution in [0.1, 0.15) is 31.2 Å². The number of nitrogens with two attached hydrogens (primary N) is 1. The van der Waals surface area contributed by atoms with Crippen molar-refractivity contribution in [1.29, 1.82) is 0 Å². The molecule has 34 heavy (non-hydrogen) atoms. The average molecular weight is 502 g/mol. The number of piperidine rings is 1. The summed E-state index contributed by atoms with van der Waals surface area (Å²) in [7, 11) is 0. The summed E-state index contributed by atoms with van der Waals surface area (Å²) in [6.07, 6.45) is 8.79. The highest BCUT2D eigenvalue weighted by Gasteiger charge is 2.47. The Kier molecular flexibility index (Phi) is 6.51. The molecule has 0 bridgehead atoms. The average Bonchev–Trinajstić information content (AvgIpc) is 3.47. The molecule has 0 radical (unpaired) electrons. The van der Waals surface area contributed by atoms with Crippen molar-refractivity contribution in [1.82, 2.24) is 24.5 Å². The maximum absolute atomic E-state index is 10.1. The Balaban J connectivity index is 1.38. The van der Waals surface area contributed by atoms with Crippen LogP contribution in [0.15, 0.2) is 40.9 Å². The molecule has 0 unspecified atom stereocenters. The van der Waals surface area contributed by atoms with E-state index < -0.39 is 0 Å². The van der Waals surface area contributed by atoms with E-state index in [1.54, 1.807) is 29.5 Å². The molecule has 180 valence electrons. The number of nitrogens with zero attached hydrogens (tertiary/aromatic N) is 6. The predicted octanol–water partition coefficient (Wildman–Crippen LogP) is 3.00. The van der Waals surface area contributed by atoms with Gasteiger partial charge in [0.15, 0.2) is 11.6 Å². The molecule has 9 nitrogen and oxygen atoms in total. The first kappa shape index (κ1) is 23.5. The van der Waals surface area contributed by atoms with Crippen LogP contribution < -0.4 is 10.6 Å². The summed E-state index contributed by atoms with van der Waals surface area (Å²) in [5.74, 6) is 1.33. The molecule has 2 aliphatic heterocycles. The molecule has 2 fully saturated rings. The molecule has 2 saturated heterocycles. The molecule has 0 aliphatic carbocycles. The summed E-state index contributed by atoms with van der Waals surface area (Å²) in [6, 6.07) is 1.90. The van der Waals surface area contributed by atoms with E-state index in [0.29, 0.717) is 28.2 Å². The van der Waals surface area contributed by atoms with Gasteiger partial charge in [-0.1, -0.05) is 23.4 Å². The van der Waals surface area contributed by atoms with Gasteiger partial charge in [-0.3, -0.25) is 4.57 Å². The smallest absolute Gasteiger partial charge is 0.157 e. The Morgan fingerprint density at radius 3 is 2.71 bits per heavy atom. The molecule has 3 N–H and O–H groups in total. The van der Waals surface area contributed by atoms with Crippen molar-refractivity contribution in [2.45, 2.75) is 55.4 Å². The number of ether oxygens (including phenoxy) is 1. The van der Waals surface area contributed by atoms with Crippen LogP contribution in [0.5, 0.6) is 0 Å². The summed E-state index contributed by atoms with van der Waals surface area (Å²) in [4.78, 5) is 21.1. The zero-order valence-electron chi connectivity index (χ0n) is 19.2. The first-order chi connectivity index (χ1) is 16.4. The number of aliphatic hydroxyl groups excluding tert-OH is 1. The third-order valence-corrected chi connectivity index (χ3v) is 8.55. The number of aromatic nitrogens is 5. The number of aliphatic hydroxyl groups is 1. The van der Waals surface area contributed by atoms with E-state index in [2.05, 4.69) is 14.9 Å². The second-order valence-electron chi connectivity index (χ2n) is 8.95. The molecule has 2 aliphatic rings. The van der Waals surface area contributed by atoms with E-state index in [1.807, 2.05) is 19.9 Å². The van der Waals surface area contributed by atoms with E-state index in [9.17, 15) is 5.11 Å². The standard InChI is InChI=1S/C23H28ClN7O2S/c1-14-22(34-17-3-6-27-21(18(17)24)31-10-7-26-13-31)29-16(11-32)20(28-14)30-8-4-23(5-9-30)12-33-15(2)19(23)25/h3,6-7,10,13,15,19,32H,4-5,8-9,11-12,25H2,1-2H3/t15-,19+/m0/s1. The lowest BCUT2D eigenvalue weighted by atomic mass is 9.73. The lowest BCUT2D eigenvalue weighted by Crippen LogP contribution is -2.51. The van der Waals surface area contributed by atoms with Gasteiger partial charge < -0.3 is 20.5 Å². The van der Waals surface area contributed by atoms with Gasteiger partial charge in [0.25, 0.3) is 0 Å². The normalized spacial score (nSPS) is 22.0. The zero-order chi connectivity index (χ0) is 23.9. The van der Waals surface area contributed by atoms with Crippen LogP contribution in [0.3, 0.4) is 0 Å². The second kappa shape index (κ2) is 9.43. The molecule has 1 spiro atoms. The minimum atomic E-state index is -0.193. The number of imidazole rings is 1. The van der Waals surface area contributed by atoms with E-state index in [0.717, 1.165) is 42.3 Å². The van der Waals surface area contributed by atoms with Crippen molar-refractivity contribution in [2.75, 3.05) is 24.6 Å². The van der Waals surface area contributed by atoms with Crippen LogP contribution in [0.25, 0.3) is 5.82 Å². The molecule has 3 aromatic rings. The molecule has 3 aromatic heterocycles. The molecule has 2 atom stereocenters. The third-order valence-electron chi connectivity index (χ3n) is 6.92. The zero-order valence-corrected chi connectivity index (χ0v) is 20.8. The Labute approximate surface area is 207 Å². The van der Waals surface area contributed by atoms with Gasteiger partial charge in [-0.05, 0) is 32.8 Å². The highest BCUT2D eigenvalue weighted by atomic mass is 35.5. The maximum Gasteiger partial charge on any atom is 0.157 e. The maximum atomic E-state index is 10.1. The summed E-state index contributed by atoms with van der Waals surface area (Å²) in [5.41, 5.74) is 7.83. The SMILES string of the molecule is Cc1nc(N2CCC3(CC2)CO[C@@H](C)[C@H]3N)c(CO)nc1Sc1ccnc(-n2ccnc2)c1Cl. The van der Waals surface area contributed by atoms with Gasteiger partial charge in [-0.2, -0.15) is 0 Å². The first-order valence-corrected chi connectivity index (χ1v) is 12.5. The first-order valence-electron chi connectivity index (χ1n) is 11.3. The van der Waals surface area contributed by atoms with Gasteiger partial charge in [0.2, 0.25) is 0 Å². The highest BCUT2D eigenvalue weighted by molar-refractivity contribution is 7.99. The topological polar surface area (TPSA) is 115 Å². The van der Waals surface area contributed by atoms with Crippen LogP contribution in [0, 0.1) is 12.3 Å². The summed E-state index contributed by atoms with van der Waals surface area (Å²) >= 11 is 8.06. The Morgan fingerprint density at radius 1 is 1.26 bits per heavy atom. The number of rotatable bonds is 5. The van der Waals surface area contributed by atoms with Crippen LogP contribution >= 0.6 is 23.4 Å². The minimum absolute atomic E-state index is 0.0264. The summed E-state index contributed by atoms with van der Waals surface area (Å²) in [6.45, 7) is 6.11. The fraction of sp³-hybridized carbons (Fsp3) is 0.478. The monoisotopic (exact) mass is 501 g/mol. The molecular weight excluding hydrogens is 474 g/mol. The van der Waals surface area contributed by atoms with Crippen molar-refractivity contribution in [3.8, 4) is 5.82 Å². The largest absolute Gasteiger partial charge is 0.390 e. The van der Waals surface area contributed by atoms with Crippen molar-refractivity contribution in [3.05, 3.63) is 47.4 Å². The molecule has 0 saturated carbocycles. The van der Waals surface area contributed by atoms with Gasteiger partial charge in [-0.15, -0.1) is 0 Å². The van der Waals surface area contributed by atoms with Crippen molar-refractivity contribution in [2.24, 2.45) is 11.1 Å². The predicted molar refractivity (Wildman–Crippen MR) is 130 cm³/mol. The Hall–Kier alpha value is -2.24. The molecule has 5 rings (SSSR count). The number of hydrogen-bond donors (Lipinski definition) is 2. The van der Waals surface area contributed by atoms with Gasteiger partial charge in [0, 0.05) is 48.0 Å². The summed E-state index contributed by atoms with van der Waals surface area (Å²) < 4.78 is 7.61. The number of halogens is 1. The van der Waals surface area contributed by atoms with Crippen molar-refractivity contribution in [3.63, 3.8) is 0 Å². The molecule has 0 aromatic carbocycles. The van der Waals surface area contributed by atoms with E-state index in [1.165, 1.54) is 11.8 Å². The molecular formula is C23H28ClN7O2S.